The first-order valence-electron chi connectivity index (χ1n) is 9.76. The molecular formula is C25H20N4O. The fourth-order valence-electron chi connectivity index (χ4n) is 3.97. The van der Waals surface area contributed by atoms with Crippen LogP contribution >= 0.6 is 0 Å². The summed E-state index contributed by atoms with van der Waals surface area (Å²) in [6, 6.07) is 26.1. The maximum absolute atomic E-state index is 12.7. The van der Waals surface area contributed by atoms with E-state index >= 15 is 0 Å². The zero-order chi connectivity index (χ0) is 20.5. The predicted molar refractivity (Wildman–Crippen MR) is 122 cm³/mol. The third-order valence-corrected chi connectivity index (χ3v) is 5.39. The highest BCUT2D eigenvalue weighted by Gasteiger charge is 2.15. The van der Waals surface area contributed by atoms with Gasteiger partial charge in [0.25, 0.3) is 5.91 Å². The average molecular weight is 392 g/mol. The molecule has 2 N–H and O–H groups in total. The van der Waals surface area contributed by atoms with Gasteiger partial charge in [-0.25, -0.2) is 5.43 Å². The van der Waals surface area contributed by atoms with Gasteiger partial charge in [-0.3, -0.25) is 4.79 Å². The van der Waals surface area contributed by atoms with Crippen molar-refractivity contribution in [2.45, 2.75) is 0 Å². The van der Waals surface area contributed by atoms with Crippen molar-refractivity contribution in [3.05, 3.63) is 96.2 Å². The predicted octanol–water partition coefficient (Wildman–Crippen LogP) is 5.09. The molecule has 2 aromatic heterocycles. The van der Waals surface area contributed by atoms with Crippen LogP contribution in [0.4, 0.5) is 0 Å². The van der Waals surface area contributed by atoms with E-state index in [1.165, 1.54) is 0 Å². The van der Waals surface area contributed by atoms with Crippen LogP contribution in [0.5, 0.6) is 0 Å². The number of amides is 1. The Morgan fingerprint density at radius 3 is 2.47 bits per heavy atom. The molecule has 0 bridgehead atoms. The highest BCUT2D eigenvalue weighted by Crippen LogP contribution is 2.31. The lowest BCUT2D eigenvalue weighted by molar-refractivity contribution is 0.0957. The summed E-state index contributed by atoms with van der Waals surface area (Å²) in [6.45, 7) is 0. The third-order valence-electron chi connectivity index (χ3n) is 5.39. The summed E-state index contributed by atoms with van der Waals surface area (Å²) in [5.41, 5.74) is 8.41. The number of nitrogens with one attached hydrogen (secondary N) is 2. The lowest BCUT2D eigenvalue weighted by Crippen LogP contribution is -2.17. The van der Waals surface area contributed by atoms with E-state index in [2.05, 4.69) is 44.3 Å². The van der Waals surface area contributed by atoms with E-state index in [0.717, 1.165) is 38.6 Å². The summed E-state index contributed by atoms with van der Waals surface area (Å²) in [6.07, 6.45) is 3.44. The maximum Gasteiger partial charge on any atom is 0.273 e. The molecule has 30 heavy (non-hydrogen) atoms. The van der Waals surface area contributed by atoms with E-state index in [-0.39, 0.29) is 5.91 Å². The minimum Gasteiger partial charge on any atom is -0.360 e. The van der Waals surface area contributed by atoms with Crippen molar-refractivity contribution >= 4 is 33.9 Å². The quantitative estimate of drug-likeness (QED) is 0.325. The van der Waals surface area contributed by atoms with Crippen molar-refractivity contribution in [1.82, 2.24) is 15.0 Å². The van der Waals surface area contributed by atoms with Gasteiger partial charge in [0, 0.05) is 40.6 Å². The number of hydrazone groups is 1. The van der Waals surface area contributed by atoms with Gasteiger partial charge in [-0.15, -0.1) is 0 Å². The minimum absolute atomic E-state index is 0.245. The van der Waals surface area contributed by atoms with E-state index < -0.39 is 0 Å². The Kier molecular flexibility index (Phi) is 4.41. The van der Waals surface area contributed by atoms with Crippen molar-refractivity contribution in [2.24, 2.45) is 12.1 Å². The first-order chi connectivity index (χ1) is 14.7. The van der Waals surface area contributed by atoms with Crippen LogP contribution in [0.2, 0.25) is 0 Å². The van der Waals surface area contributed by atoms with Crippen molar-refractivity contribution in [3.63, 3.8) is 0 Å². The molecule has 0 saturated carbocycles. The standard InChI is InChI=1S/C25H20N4O/c1-29-23-14-8-6-12-19(23)20(24(29)17-9-3-2-4-10-17)16-27-28-25(30)21-15-26-22-13-7-5-11-18(21)22/h2-16,26H,1H3,(H,28,30)/b27-16+. The summed E-state index contributed by atoms with van der Waals surface area (Å²) in [7, 11) is 2.05. The van der Waals surface area contributed by atoms with Gasteiger partial charge < -0.3 is 9.55 Å². The van der Waals surface area contributed by atoms with Crippen LogP contribution in [0.15, 0.2) is 90.2 Å². The molecule has 0 atom stereocenters. The number of nitrogens with zero attached hydrogens (tertiary/aromatic N) is 2. The molecule has 0 aliphatic rings. The van der Waals surface area contributed by atoms with Gasteiger partial charge in [0.1, 0.15) is 0 Å². The number of carbonyl (C=O) groups excluding carboxylic acids is 1. The van der Waals surface area contributed by atoms with Crippen LogP contribution < -0.4 is 5.43 Å². The molecular weight excluding hydrogens is 372 g/mol. The topological polar surface area (TPSA) is 62.2 Å². The van der Waals surface area contributed by atoms with Crippen molar-refractivity contribution in [1.29, 1.82) is 0 Å². The molecule has 5 aromatic rings. The smallest absolute Gasteiger partial charge is 0.273 e. The molecule has 2 heterocycles. The number of hydrogen-bond acceptors (Lipinski definition) is 2. The van der Waals surface area contributed by atoms with Gasteiger partial charge in [-0.1, -0.05) is 66.7 Å². The maximum atomic E-state index is 12.7. The highest BCUT2D eigenvalue weighted by atomic mass is 16.2. The number of H-pyrrole nitrogens is 1. The van der Waals surface area contributed by atoms with Gasteiger partial charge in [0.2, 0.25) is 0 Å². The second-order valence-corrected chi connectivity index (χ2v) is 7.15. The van der Waals surface area contributed by atoms with Gasteiger partial charge in [0.15, 0.2) is 0 Å². The number of aromatic amines is 1. The van der Waals surface area contributed by atoms with E-state index in [1.807, 2.05) is 61.6 Å². The molecule has 5 rings (SSSR count). The zero-order valence-corrected chi connectivity index (χ0v) is 16.5. The zero-order valence-electron chi connectivity index (χ0n) is 16.5. The number of aromatic nitrogens is 2. The molecule has 0 unspecified atom stereocenters. The van der Waals surface area contributed by atoms with Crippen LogP contribution in [0.25, 0.3) is 33.1 Å². The van der Waals surface area contributed by atoms with E-state index in [9.17, 15) is 4.79 Å². The van der Waals surface area contributed by atoms with Crippen LogP contribution in [0.3, 0.4) is 0 Å². The Balaban J connectivity index is 1.52. The number of benzene rings is 3. The largest absolute Gasteiger partial charge is 0.360 e. The van der Waals surface area contributed by atoms with Crippen LogP contribution in [-0.4, -0.2) is 21.7 Å². The Morgan fingerprint density at radius 1 is 0.933 bits per heavy atom. The molecule has 0 saturated heterocycles. The van der Waals surface area contributed by atoms with Crippen molar-refractivity contribution in [2.75, 3.05) is 0 Å². The second-order valence-electron chi connectivity index (χ2n) is 7.15. The van der Waals surface area contributed by atoms with E-state index in [4.69, 9.17) is 0 Å². The molecule has 0 aliphatic carbocycles. The summed E-state index contributed by atoms with van der Waals surface area (Å²) < 4.78 is 2.16. The molecule has 0 fully saturated rings. The van der Waals surface area contributed by atoms with Gasteiger partial charge >= 0.3 is 0 Å². The Morgan fingerprint density at radius 2 is 1.63 bits per heavy atom. The minimum atomic E-state index is -0.245. The SMILES string of the molecule is Cn1c(-c2ccccc2)c(/C=N/NC(=O)c2c[nH]c3ccccc23)c2ccccc21. The molecule has 0 spiro atoms. The van der Waals surface area contributed by atoms with Gasteiger partial charge in [0.05, 0.1) is 17.5 Å². The highest BCUT2D eigenvalue weighted by molar-refractivity contribution is 6.09. The number of rotatable bonds is 4. The first kappa shape index (κ1) is 17.9. The Labute approximate surface area is 173 Å². The lowest BCUT2D eigenvalue weighted by Gasteiger charge is -2.06. The first-order valence-corrected chi connectivity index (χ1v) is 9.76. The normalized spacial score (nSPS) is 11.5. The fraction of sp³-hybridized carbons (Fsp3) is 0.0400. The Hall–Kier alpha value is -4.12. The third kappa shape index (κ3) is 2.97. The van der Waals surface area contributed by atoms with Crippen molar-refractivity contribution in [3.8, 4) is 11.3 Å². The van der Waals surface area contributed by atoms with Crippen LogP contribution in [0.1, 0.15) is 15.9 Å². The number of carbonyl (C=O) groups is 1. The van der Waals surface area contributed by atoms with E-state index in [0.29, 0.717) is 5.56 Å². The molecule has 0 aliphatic heterocycles. The molecule has 1 amide bonds. The van der Waals surface area contributed by atoms with E-state index in [1.54, 1.807) is 12.4 Å². The monoisotopic (exact) mass is 392 g/mol. The van der Waals surface area contributed by atoms with Crippen molar-refractivity contribution < 1.29 is 4.79 Å². The molecule has 146 valence electrons. The van der Waals surface area contributed by atoms with Crippen LogP contribution in [0, 0.1) is 0 Å². The van der Waals surface area contributed by atoms with Crippen LogP contribution in [-0.2, 0) is 7.05 Å². The molecule has 5 nitrogen and oxygen atoms in total. The summed E-state index contributed by atoms with van der Waals surface area (Å²) in [4.78, 5) is 15.8. The number of fused-ring (bicyclic) bond motifs is 2. The summed E-state index contributed by atoms with van der Waals surface area (Å²) in [5, 5.41) is 6.26. The summed E-state index contributed by atoms with van der Waals surface area (Å²) >= 11 is 0. The van der Waals surface area contributed by atoms with Gasteiger partial charge in [-0.2, -0.15) is 5.10 Å². The Bertz CT molecular complexity index is 1390. The molecule has 3 aromatic carbocycles. The average Bonchev–Trinajstić information content (AvgIpc) is 3.34. The fourth-order valence-corrected chi connectivity index (χ4v) is 3.97. The number of para-hydroxylation sites is 2. The number of hydrogen-bond donors (Lipinski definition) is 2. The lowest BCUT2D eigenvalue weighted by atomic mass is 10.1. The summed E-state index contributed by atoms with van der Waals surface area (Å²) in [5.74, 6) is -0.245. The number of aryl methyl sites for hydroxylation is 1. The molecule has 0 radical (unpaired) electrons. The molecule has 5 heteroatoms. The second kappa shape index (κ2) is 7.37. The van der Waals surface area contributed by atoms with Gasteiger partial charge in [-0.05, 0) is 17.7 Å².